The lowest BCUT2D eigenvalue weighted by molar-refractivity contribution is -0.160. The summed E-state index contributed by atoms with van der Waals surface area (Å²) in [5, 5.41) is 5.77. The van der Waals surface area contributed by atoms with Gasteiger partial charge in [0.1, 0.15) is 12.4 Å². The first-order valence-electron chi connectivity index (χ1n) is 12.6. The molecule has 9 heteroatoms. The first kappa shape index (κ1) is 26.4. The highest BCUT2D eigenvalue weighted by Crippen LogP contribution is 2.25. The van der Waals surface area contributed by atoms with Crippen LogP contribution in [0.3, 0.4) is 0 Å². The van der Waals surface area contributed by atoms with E-state index in [2.05, 4.69) is 10.6 Å². The zero-order chi connectivity index (χ0) is 26.1. The van der Waals surface area contributed by atoms with E-state index in [1.807, 2.05) is 41.3 Å². The maximum atomic E-state index is 13.2. The Morgan fingerprint density at radius 3 is 2.86 bits per heavy atom. The Bertz CT molecular complexity index is 1150. The fourth-order valence-electron chi connectivity index (χ4n) is 4.47. The van der Waals surface area contributed by atoms with Crippen LogP contribution in [-0.4, -0.2) is 74.3 Å². The van der Waals surface area contributed by atoms with Crippen molar-refractivity contribution in [2.24, 2.45) is 0 Å². The molecule has 2 aliphatic rings. The summed E-state index contributed by atoms with van der Waals surface area (Å²) in [7, 11) is 0. The molecule has 1 unspecified atom stereocenters. The van der Waals surface area contributed by atoms with Crippen LogP contribution < -0.4 is 15.4 Å². The highest BCUT2D eigenvalue weighted by atomic mass is 16.5. The standard InChI is InChI=1S/C28H33N3O6/c1-2-35-26(33)22-10-7-11-23(18-22)30-25(32)19-31-15-17-37-28(20-31)13-6-5-9-21-8-3-4-12-24(21)36-16-14-29-27(28)34/h3-8,10-12,18H,2,9,13-17,19-20H2,1H3,(H,29,34)(H,30,32)/b6-5+. The molecule has 37 heavy (non-hydrogen) atoms. The van der Waals surface area contributed by atoms with Gasteiger partial charge in [0.05, 0.1) is 31.9 Å². The lowest BCUT2D eigenvalue weighted by Gasteiger charge is -2.41. The lowest BCUT2D eigenvalue weighted by Crippen LogP contribution is -2.60. The van der Waals surface area contributed by atoms with Gasteiger partial charge in [0, 0.05) is 25.2 Å². The smallest absolute Gasteiger partial charge is 0.338 e. The Morgan fingerprint density at radius 1 is 1.14 bits per heavy atom. The third kappa shape index (κ3) is 6.96. The van der Waals surface area contributed by atoms with E-state index < -0.39 is 11.6 Å². The maximum Gasteiger partial charge on any atom is 0.338 e. The van der Waals surface area contributed by atoms with E-state index in [0.717, 1.165) is 11.3 Å². The van der Waals surface area contributed by atoms with E-state index in [4.69, 9.17) is 14.2 Å². The number of carbonyl (C=O) groups excluding carboxylic acids is 3. The highest BCUT2D eigenvalue weighted by Gasteiger charge is 2.43. The first-order valence-corrected chi connectivity index (χ1v) is 12.6. The summed E-state index contributed by atoms with van der Waals surface area (Å²) in [6.07, 6.45) is 5.05. The number of allylic oxidation sites excluding steroid dienone is 1. The molecule has 2 N–H and O–H groups in total. The van der Waals surface area contributed by atoms with Gasteiger partial charge in [-0.25, -0.2) is 4.79 Å². The summed E-state index contributed by atoms with van der Waals surface area (Å²) in [4.78, 5) is 40.0. The van der Waals surface area contributed by atoms with Gasteiger partial charge >= 0.3 is 5.97 Å². The average Bonchev–Trinajstić information content (AvgIpc) is 2.89. The molecule has 0 aliphatic carbocycles. The van der Waals surface area contributed by atoms with Gasteiger partial charge in [-0.15, -0.1) is 0 Å². The predicted molar refractivity (Wildman–Crippen MR) is 139 cm³/mol. The van der Waals surface area contributed by atoms with Crippen molar-refractivity contribution in [3.05, 3.63) is 71.8 Å². The summed E-state index contributed by atoms with van der Waals surface area (Å²) < 4.78 is 17.0. The van der Waals surface area contributed by atoms with Crippen molar-refractivity contribution in [3.8, 4) is 5.75 Å². The van der Waals surface area contributed by atoms with Crippen LogP contribution in [0.1, 0.15) is 29.3 Å². The van der Waals surface area contributed by atoms with E-state index in [9.17, 15) is 14.4 Å². The zero-order valence-electron chi connectivity index (χ0n) is 21.0. The summed E-state index contributed by atoms with van der Waals surface area (Å²) in [5.74, 6) is -0.0891. The number of fused-ring (bicyclic) bond motifs is 1. The molecule has 196 valence electrons. The number of ether oxygens (including phenoxy) is 3. The van der Waals surface area contributed by atoms with Crippen molar-refractivity contribution < 1.29 is 28.6 Å². The Hall–Kier alpha value is -3.69. The van der Waals surface area contributed by atoms with Gasteiger partial charge in [0.2, 0.25) is 5.91 Å². The van der Waals surface area contributed by atoms with Crippen LogP contribution in [-0.2, 0) is 25.5 Å². The topological polar surface area (TPSA) is 106 Å². The quantitative estimate of drug-likeness (QED) is 0.473. The van der Waals surface area contributed by atoms with Gasteiger partial charge in [-0.1, -0.05) is 36.4 Å². The van der Waals surface area contributed by atoms with Gasteiger partial charge in [0.25, 0.3) is 5.91 Å². The van der Waals surface area contributed by atoms with Crippen molar-refractivity contribution >= 4 is 23.5 Å². The number of anilines is 1. The van der Waals surface area contributed by atoms with Gasteiger partial charge in [-0.05, 0) is 43.2 Å². The Morgan fingerprint density at radius 2 is 2.00 bits per heavy atom. The van der Waals surface area contributed by atoms with Gasteiger partial charge in [-0.2, -0.15) is 0 Å². The largest absolute Gasteiger partial charge is 0.491 e. The Labute approximate surface area is 216 Å². The van der Waals surface area contributed by atoms with Crippen LogP contribution in [0, 0.1) is 0 Å². The van der Waals surface area contributed by atoms with Crippen LogP contribution in [0.25, 0.3) is 0 Å². The first-order chi connectivity index (χ1) is 18.0. The fourth-order valence-corrected chi connectivity index (χ4v) is 4.47. The number of amides is 2. The average molecular weight is 508 g/mol. The molecule has 0 radical (unpaired) electrons. The van der Waals surface area contributed by atoms with Gasteiger partial charge in [-0.3, -0.25) is 14.5 Å². The molecule has 1 saturated heterocycles. The van der Waals surface area contributed by atoms with Crippen molar-refractivity contribution in [2.45, 2.75) is 25.4 Å². The Balaban J connectivity index is 1.41. The monoisotopic (exact) mass is 507 g/mol. The summed E-state index contributed by atoms with van der Waals surface area (Å²) in [6.45, 7) is 3.91. The molecule has 0 aromatic heterocycles. The highest BCUT2D eigenvalue weighted by molar-refractivity contribution is 5.95. The predicted octanol–water partition coefficient (Wildman–Crippen LogP) is 2.57. The molecular formula is C28H33N3O6. The number of hydrogen-bond acceptors (Lipinski definition) is 7. The molecule has 2 aromatic rings. The third-order valence-electron chi connectivity index (χ3n) is 6.27. The molecule has 1 fully saturated rings. The van der Waals surface area contributed by atoms with E-state index in [-0.39, 0.29) is 31.5 Å². The number of carbonyl (C=O) groups is 3. The summed E-state index contributed by atoms with van der Waals surface area (Å²) in [5.41, 5.74) is 0.853. The molecule has 1 spiro atoms. The van der Waals surface area contributed by atoms with Crippen LogP contribution in [0.2, 0.25) is 0 Å². The fraction of sp³-hybridized carbons (Fsp3) is 0.393. The maximum absolute atomic E-state index is 13.2. The number of rotatable bonds is 5. The Kier molecular flexibility index (Phi) is 8.92. The minimum absolute atomic E-state index is 0.0855. The van der Waals surface area contributed by atoms with Crippen LogP contribution >= 0.6 is 0 Å². The molecule has 9 nitrogen and oxygen atoms in total. The van der Waals surface area contributed by atoms with E-state index in [1.165, 1.54) is 0 Å². The van der Waals surface area contributed by atoms with Crippen molar-refractivity contribution in [1.82, 2.24) is 10.2 Å². The number of para-hydroxylation sites is 1. The van der Waals surface area contributed by atoms with Crippen molar-refractivity contribution in [1.29, 1.82) is 0 Å². The molecule has 0 bridgehead atoms. The van der Waals surface area contributed by atoms with Crippen LogP contribution in [0.15, 0.2) is 60.7 Å². The second-order valence-corrected chi connectivity index (χ2v) is 8.99. The second kappa shape index (κ2) is 12.5. The minimum atomic E-state index is -1.10. The molecule has 0 saturated carbocycles. The lowest BCUT2D eigenvalue weighted by atomic mass is 9.94. The van der Waals surface area contributed by atoms with E-state index in [0.29, 0.717) is 50.4 Å². The summed E-state index contributed by atoms with van der Waals surface area (Å²) >= 11 is 0. The molecule has 2 amide bonds. The van der Waals surface area contributed by atoms with Crippen LogP contribution in [0.4, 0.5) is 5.69 Å². The SMILES string of the molecule is CCOC(=O)c1cccc(NC(=O)CN2CCOC3(C/C=C/Cc4ccccc4OCCNC3=O)C2)c1. The number of nitrogens with zero attached hydrogens (tertiary/aromatic N) is 1. The van der Waals surface area contributed by atoms with E-state index in [1.54, 1.807) is 31.2 Å². The zero-order valence-corrected chi connectivity index (χ0v) is 21.0. The second-order valence-electron chi connectivity index (χ2n) is 8.99. The minimum Gasteiger partial charge on any atom is -0.491 e. The van der Waals surface area contributed by atoms with Gasteiger partial charge < -0.3 is 24.8 Å². The third-order valence-corrected chi connectivity index (χ3v) is 6.27. The number of hydrogen-bond donors (Lipinski definition) is 2. The molecule has 4 rings (SSSR count). The molecule has 2 heterocycles. The normalized spacial score (nSPS) is 21.4. The number of benzene rings is 2. The number of nitrogens with one attached hydrogen (secondary N) is 2. The molecular weight excluding hydrogens is 474 g/mol. The molecule has 2 aliphatic heterocycles. The number of morpholine rings is 1. The van der Waals surface area contributed by atoms with Crippen molar-refractivity contribution in [2.75, 3.05) is 51.3 Å². The van der Waals surface area contributed by atoms with Crippen molar-refractivity contribution in [3.63, 3.8) is 0 Å². The molecule has 1 atom stereocenters. The van der Waals surface area contributed by atoms with Gasteiger partial charge in [0.15, 0.2) is 5.60 Å². The van der Waals surface area contributed by atoms with Crippen LogP contribution in [0.5, 0.6) is 5.75 Å². The van der Waals surface area contributed by atoms with E-state index >= 15 is 0 Å². The molecule has 2 aromatic carbocycles. The number of esters is 1. The summed E-state index contributed by atoms with van der Waals surface area (Å²) in [6, 6.07) is 14.5.